The molecule has 0 bridgehead atoms. The molecule has 3 rings (SSSR count). The number of carbonyl (C=O) groups is 1. The van der Waals surface area contributed by atoms with Crippen LogP contribution in [0.3, 0.4) is 0 Å². The summed E-state index contributed by atoms with van der Waals surface area (Å²) in [5.41, 5.74) is 1.26. The first-order chi connectivity index (χ1) is 10.3. The second kappa shape index (κ2) is 6.68. The van der Waals surface area contributed by atoms with Gasteiger partial charge in [0.25, 0.3) is 0 Å². The van der Waals surface area contributed by atoms with Crippen molar-refractivity contribution in [3.05, 3.63) is 59.1 Å². The van der Waals surface area contributed by atoms with Gasteiger partial charge >= 0.3 is 0 Å². The van der Waals surface area contributed by atoms with Crippen molar-refractivity contribution in [2.75, 3.05) is 5.32 Å². The van der Waals surface area contributed by atoms with Crippen LogP contribution in [0.2, 0.25) is 0 Å². The van der Waals surface area contributed by atoms with Crippen LogP contribution in [0.5, 0.6) is 0 Å². The maximum absolute atomic E-state index is 12.2. The highest BCUT2D eigenvalue weighted by molar-refractivity contribution is 7.15. The van der Waals surface area contributed by atoms with Crippen LogP contribution in [0, 0.1) is 5.92 Å². The molecule has 1 aromatic carbocycles. The molecule has 3 nitrogen and oxygen atoms in total. The Morgan fingerprint density at radius 1 is 1.29 bits per heavy atom. The van der Waals surface area contributed by atoms with Gasteiger partial charge in [-0.25, -0.2) is 4.98 Å². The Labute approximate surface area is 128 Å². The van der Waals surface area contributed by atoms with Crippen LogP contribution in [0.1, 0.15) is 29.7 Å². The zero-order valence-corrected chi connectivity index (χ0v) is 12.6. The Bertz CT molecular complexity index is 633. The Balaban J connectivity index is 1.60. The number of anilines is 1. The van der Waals surface area contributed by atoms with Gasteiger partial charge in [0, 0.05) is 23.4 Å². The van der Waals surface area contributed by atoms with E-state index in [-0.39, 0.29) is 11.8 Å². The summed E-state index contributed by atoms with van der Waals surface area (Å²) in [5, 5.41) is 3.66. The van der Waals surface area contributed by atoms with E-state index in [0.717, 1.165) is 25.7 Å². The molecule has 0 saturated carbocycles. The smallest absolute Gasteiger partial charge is 0.229 e. The average molecular weight is 298 g/mol. The minimum Gasteiger partial charge on any atom is -0.302 e. The van der Waals surface area contributed by atoms with Crippen molar-refractivity contribution in [1.29, 1.82) is 0 Å². The lowest BCUT2D eigenvalue weighted by Gasteiger charge is -2.15. The Morgan fingerprint density at radius 3 is 2.90 bits per heavy atom. The topological polar surface area (TPSA) is 42.0 Å². The number of nitrogens with zero attached hydrogens (tertiary/aromatic N) is 1. The van der Waals surface area contributed by atoms with Gasteiger partial charge in [-0.3, -0.25) is 4.79 Å². The quantitative estimate of drug-likeness (QED) is 0.866. The van der Waals surface area contributed by atoms with Gasteiger partial charge in [0.05, 0.1) is 0 Å². The van der Waals surface area contributed by atoms with E-state index in [1.54, 1.807) is 11.3 Å². The monoisotopic (exact) mass is 298 g/mol. The van der Waals surface area contributed by atoms with Crippen molar-refractivity contribution in [2.45, 2.75) is 25.7 Å². The van der Waals surface area contributed by atoms with E-state index in [1.165, 1.54) is 10.4 Å². The number of hydrogen-bond donors (Lipinski definition) is 1. The first kappa shape index (κ1) is 14.0. The molecule has 1 aliphatic carbocycles. The van der Waals surface area contributed by atoms with Crippen LogP contribution < -0.4 is 5.32 Å². The summed E-state index contributed by atoms with van der Waals surface area (Å²) < 4.78 is 0. The van der Waals surface area contributed by atoms with E-state index in [0.29, 0.717) is 5.13 Å². The summed E-state index contributed by atoms with van der Waals surface area (Å²) in [7, 11) is 0. The van der Waals surface area contributed by atoms with E-state index < -0.39 is 0 Å². The lowest BCUT2D eigenvalue weighted by Crippen LogP contribution is -2.23. The highest BCUT2D eigenvalue weighted by Gasteiger charge is 2.19. The van der Waals surface area contributed by atoms with Crippen molar-refractivity contribution in [2.24, 2.45) is 5.92 Å². The van der Waals surface area contributed by atoms with Gasteiger partial charge < -0.3 is 5.32 Å². The summed E-state index contributed by atoms with van der Waals surface area (Å²) in [6.07, 6.45) is 9.73. The largest absolute Gasteiger partial charge is 0.302 e. The van der Waals surface area contributed by atoms with Gasteiger partial charge in [-0.05, 0) is 24.8 Å². The third-order valence-electron chi connectivity index (χ3n) is 3.64. The van der Waals surface area contributed by atoms with Crippen molar-refractivity contribution < 1.29 is 4.79 Å². The number of aromatic nitrogens is 1. The summed E-state index contributed by atoms with van der Waals surface area (Å²) >= 11 is 1.56. The fraction of sp³-hybridized carbons (Fsp3) is 0.294. The van der Waals surface area contributed by atoms with Gasteiger partial charge in [0.15, 0.2) is 5.13 Å². The molecule has 1 heterocycles. The van der Waals surface area contributed by atoms with E-state index in [4.69, 9.17) is 0 Å². The molecule has 1 aliphatic rings. The molecular formula is C17H18N2OS. The van der Waals surface area contributed by atoms with Gasteiger partial charge in [-0.1, -0.05) is 42.5 Å². The molecule has 2 aromatic rings. The van der Waals surface area contributed by atoms with Gasteiger partial charge in [0.1, 0.15) is 0 Å². The fourth-order valence-corrected chi connectivity index (χ4v) is 3.33. The number of rotatable bonds is 4. The van der Waals surface area contributed by atoms with Crippen LogP contribution in [0.15, 0.2) is 48.7 Å². The molecule has 0 fully saturated rings. The number of hydrogen-bond acceptors (Lipinski definition) is 3. The molecule has 0 spiro atoms. The zero-order valence-electron chi connectivity index (χ0n) is 11.8. The normalized spacial score (nSPS) is 17.6. The van der Waals surface area contributed by atoms with Crippen LogP contribution in [-0.2, 0) is 11.2 Å². The number of thiazole rings is 1. The van der Waals surface area contributed by atoms with E-state index in [2.05, 4.69) is 34.6 Å². The summed E-state index contributed by atoms with van der Waals surface area (Å²) in [6, 6.07) is 10.3. The molecule has 4 heteroatoms. The predicted octanol–water partition coefficient (Wildman–Crippen LogP) is 4.03. The highest BCUT2D eigenvalue weighted by atomic mass is 32.1. The molecule has 1 amide bonds. The number of amides is 1. The van der Waals surface area contributed by atoms with Crippen molar-refractivity contribution in [3.8, 4) is 0 Å². The maximum Gasteiger partial charge on any atom is 0.229 e. The van der Waals surface area contributed by atoms with Gasteiger partial charge in [-0.15, -0.1) is 11.3 Å². The van der Waals surface area contributed by atoms with E-state index >= 15 is 0 Å². The highest BCUT2D eigenvalue weighted by Crippen LogP contribution is 2.24. The molecular weight excluding hydrogens is 280 g/mol. The van der Waals surface area contributed by atoms with Gasteiger partial charge in [0.2, 0.25) is 5.91 Å². The molecule has 108 valence electrons. The molecule has 0 saturated heterocycles. The van der Waals surface area contributed by atoms with Crippen LogP contribution in [0.4, 0.5) is 5.13 Å². The first-order valence-corrected chi connectivity index (χ1v) is 8.07. The van der Waals surface area contributed by atoms with Crippen molar-refractivity contribution in [1.82, 2.24) is 4.98 Å². The number of nitrogens with one attached hydrogen (secondary N) is 1. The van der Waals surface area contributed by atoms with Crippen molar-refractivity contribution in [3.63, 3.8) is 0 Å². The third kappa shape index (κ3) is 3.79. The predicted molar refractivity (Wildman–Crippen MR) is 86.5 cm³/mol. The second-order valence-electron chi connectivity index (χ2n) is 5.26. The lowest BCUT2D eigenvalue weighted by molar-refractivity contribution is -0.120. The summed E-state index contributed by atoms with van der Waals surface area (Å²) in [6.45, 7) is 0. The zero-order chi connectivity index (χ0) is 14.5. The van der Waals surface area contributed by atoms with Gasteiger partial charge in [-0.2, -0.15) is 0 Å². The van der Waals surface area contributed by atoms with E-state index in [9.17, 15) is 4.79 Å². The Morgan fingerprint density at radius 2 is 2.14 bits per heavy atom. The van der Waals surface area contributed by atoms with Crippen LogP contribution in [0.25, 0.3) is 0 Å². The SMILES string of the molecule is O=C(Nc1ncc(Cc2ccccc2)s1)[C@H]1CC=CCC1. The summed E-state index contributed by atoms with van der Waals surface area (Å²) in [4.78, 5) is 17.6. The van der Waals surface area contributed by atoms with E-state index in [1.807, 2.05) is 24.4 Å². The molecule has 0 aliphatic heterocycles. The number of benzene rings is 1. The fourth-order valence-electron chi connectivity index (χ4n) is 2.48. The number of allylic oxidation sites excluding steroid dienone is 2. The first-order valence-electron chi connectivity index (χ1n) is 7.26. The summed E-state index contributed by atoms with van der Waals surface area (Å²) in [5.74, 6) is 0.191. The average Bonchev–Trinajstić information content (AvgIpc) is 2.96. The molecule has 1 aromatic heterocycles. The third-order valence-corrected chi connectivity index (χ3v) is 4.56. The number of carbonyl (C=O) groups excluding carboxylic acids is 1. The Hall–Kier alpha value is -1.94. The van der Waals surface area contributed by atoms with Crippen LogP contribution >= 0.6 is 11.3 Å². The van der Waals surface area contributed by atoms with Crippen LogP contribution in [-0.4, -0.2) is 10.9 Å². The molecule has 0 unspecified atom stereocenters. The van der Waals surface area contributed by atoms with Crippen molar-refractivity contribution >= 4 is 22.4 Å². The minimum atomic E-state index is 0.0940. The minimum absolute atomic E-state index is 0.0940. The second-order valence-corrected chi connectivity index (χ2v) is 6.38. The molecule has 1 atom stereocenters. The standard InChI is InChI=1S/C17H18N2OS/c20-16(14-9-5-2-6-10-14)19-17-18-12-15(21-17)11-13-7-3-1-4-8-13/h1-5,7-8,12,14H,6,9-11H2,(H,18,19,20)/t14-/m0/s1. The maximum atomic E-state index is 12.2. The molecule has 21 heavy (non-hydrogen) atoms. The molecule has 0 radical (unpaired) electrons. The molecule has 1 N–H and O–H groups in total. The Kier molecular flexibility index (Phi) is 4.46. The lowest BCUT2D eigenvalue weighted by atomic mass is 9.94.